The number of para-hydroxylation sites is 1. The first-order valence-electron chi connectivity index (χ1n) is 10.2. The van der Waals surface area contributed by atoms with Crippen molar-refractivity contribution in [3.8, 4) is 0 Å². The number of fused-ring (bicyclic) bond motifs is 2. The summed E-state index contributed by atoms with van der Waals surface area (Å²) in [4.78, 5) is 42.1. The molecule has 2 aliphatic rings. The summed E-state index contributed by atoms with van der Waals surface area (Å²) >= 11 is 1.48. The fourth-order valence-corrected chi connectivity index (χ4v) is 5.25. The zero-order chi connectivity index (χ0) is 21.5. The molecule has 31 heavy (non-hydrogen) atoms. The van der Waals surface area contributed by atoms with Crippen molar-refractivity contribution < 1.29 is 18.8 Å². The fourth-order valence-electron chi connectivity index (χ4n) is 4.22. The lowest BCUT2D eigenvalue weighted by atomic mass is 9.96. The average molecular weight is 437 g/mol. The molecule has 5 rings (SSSR count). The van der Waals surface area contributed by atoms with E-state index in [2.05, 4.69) is 5.32 Å². The highest BCUT2D eigenvalue weighted by Crippen LogP contribution is 2.36. The largest absolute Gasteiger partial charge is 0.339 e. The van der Waals surface area contributed by atoms with Gasteiger partial charge in [-0.05, 0) is 29.1 Å². The number of nitrogens with zero attached hydrogens (tertiary/aromatic N) is 2. The Labute approximate surface area is 182 Å². The minimum absolute atomic E-state index is 0.00739. The van der Waals surface area contributed by atoms with E-state index in [1.807, 2.05) is 30.3 Å². The first-order valence-corrected chi connectivity index (χ1v) is 11.0. The molecule has 2 aromatic carbocycles. The maximum atomic E-state index is 13.9. The zero-order valence-corrected chi connectivity index (χ0v) is 17.5. The van der Waals surface area contributed by atoms with E-state index in [-0.39, 0.29) is 29.8 Å². The Kier molecular flexibility index (Phi) is 4.94. The quantitative estimate of drug-likeness (QED) is 0.682. The van der Waals surface area contributed by atoms with Crippen LogP contribution in [0.4, 0.5) is 10.1 Å². The van der Waals surface area contributed by atoms with Crippen molar-refractivity contribution >= 4 is 44.8 Å². The van der Waals surface area contributed by atoms with Gasteiger partial charge in [-0.3, -0.25) is 14.4 Å². The number of hydrogen-bond acceptors (Lipinski definition) is 4. The maximum Gasteiger partial charge on any atom is 0.264 e. The van der Waals surface area contributed by atoms with Crippen molar-refractivity contribution in [1.82, 2.24) is 9.80 Å². The molecule has 2 aliphatic heterocycles. The van der Waals surface area contributed by atoms with E-state index >= 15 is 0 Å². The number of rotatable bonds is 3. The molecule has 0 aliphatic carbocycles. The van der Waals surface area contributed by atoms with E-state index in [1.165, 1.54) is 17.4 Å². The van der Waals surface area contributed by atoms with Gasteiger partial charge in [0, 0.05) is 37.3 Å². The van der Waals surface area contributed by atoms with Gasteiger partial charge in [0.15, 0.2) is 0 Å². The third-order valence-corrected chi connectivity index (χ3v) is 7.02. The summed E-state index contributed by atoms with van der Waals surface area (Å²) in [5.74, 6) is -1.71. The van der Waals surface area contributed by atoms with Gasteiger partial charge in [0.25, 0.3) is 5.91 Å². The number of nitrogens with one attached hydrogen (secondary N) is 1. The smallest absolute Gasteiger partial charge is 0.264 e. The van der Waals surface area contributed by atoms with Gasteiger partial charge >= 0.3 is 0 Å². The highest BCUT2D eigenvalue weighted by atomic mass is 32.1. The number of benzene rings is 2. The predicted octanol–water partition coefficient (Wildman–Crippen LogP) is 3.45. The van der Waals surface area contributed by atoms with Crippen LogP contribution < -0.4 is 5.32 Å². The van der Waals surface area contributed by atoms with E-state index in [0.29, 0.717) is 36.6 Å². The minimum Gasteiger partial charge on any atom is -0.339 e. The highest BCUT2D eigenvalue weighted by Gasteiger charge is 2.36. The molecular formula is C23H20FN3O3S. The Morgan fingerprint density at radius 1 is 1.03 bits per heavy atom. The molecule has 158 valence electrons. The molecule has 1 fully saturated rings. The second-order valence-corrected chi connectivity index (χ2v) is 8.86. The first-order chi connectivity index (χ1) is 15.0. The summed E-state index contributed by atoms with van der Waals surface area (Å²) in [6.45, 7) is 1.72. The lowest BCUT2D eigenvalue weighted by Crippen LogP contribution is -2.50. The maximum absolute atomic E-state index is 13.9. The minimum atomic E-state index is -0.684. The third kappa shape index (κ3) is 3.57. The Hall–Kier alpha value is -3.26. The van der Waals surface area contributed by atoms with Crippen LogP contribution in [0.1, 0.15) is 27.6 Å². The van der Waals surface area contributed by atoms with Crippen LogP contribution in [-0.4, -0.2) is 53.7 Å². The molecular weight excluding hydrogens is 417 g/mol. The van der Waals surface area contributed by atoms with E-state index in [9.17, 15) is 18.8 Å². The molecule has 1 atom stereocenters. The number of anilines is 1. The van der Waals surface area contributed by atoms with Crippen LogP contribution in [0, 0.1) is 5.82 Å². The SMILES string of the molecule is O=C1Nc2c(F)cccc2C1CC(=O)N1CCN(C(=O)c2cc3ccccc3s2)CC1. The van der Waals surface area contributed by atoms with E-state index < -0.39 is 11.7 Å². The number of piperazine rings is 1. The Morgan fingerprint density at radius 2 is 1.77 bits per heavy atom. The number of amides is 3. The van der Waals surface area contributed by atoms with Crippen molar-refractivity contribution in [2.75, 3.05) is 31.5 Å². The summed E-state index contributed by atoms with van der Waals surface area (Å²) < 4.78 is 15.0. The zero-order valence-electron chi connectivity index (χ0n) is 16.6. The van der Waals surface area contributed by atoms with Crippen LogP contribution >= 0.6 is 11.3 Å². The second-order valence-electron chi connectivity index (χ2n) is 7.77. The molecule has 1 aromatic heterocycles. The number of halogens is 1. The lowest BCUT2D eigenvalue weighted by Gasteiger charge is -2.35. The van der Waals surface area contributed by atoms with Crippen LogP contribution in [0.2, 0.25) is 0 Å². The highest BCUT2D eigenvalue weighted by molar-refractivity contribution is 7.20. The van der Waals surface area contributed by atoms with Gasteiger partial charge in [-0.1, -0.05) is 30.3 Å². The molecule has 3 amide bonds. The van der Waals surface area contributed by atoms with Gasteiger partial charge in [-0.2, -0.15) is 0 Å². The monoisotopic (exact) mass is 437 g/mol. The fraction of sp³-hybridized carbons (Fsp3) is 0.261. The average Bonchev–Trinajstić information content (AvgIpc) is 3.35. The van der Waals surface area contributed by atoms with Gasteiger partial charge in [-0.15, -0.1) is 11.3 Å². The molecule has 6 nitrogen and oxygen atoms in total. The first kappa shape index (κ1) is 19.7. The number of carbonyl (C=O) groups is 3. The molecule has 1 N–H and O–H groups in total. The standard InChI is InChI=1S/C23H20FN3O3S/c24-17-6-3-5-15-16(22(29)25-21(15)17)13-20(28)26-8-10-27(11-9-26)23(30)19-12-14-4-1-2-7-18(14)31-19/h1-7,12,16H,8-11,13H2,(H,25,29). The van der Waals surface area contributed by atoms with Crippen LogP contribution in [-0.2, 0) is 9.59 Å². The third-order valence-electron chi connectivity index (χ3n) is 5.92. The molecule has 3 heterocycles. The summed E-state index contributed by atoms with van der Waals surface area (Å²) in [7, 11) is 0. The summed E-state index contributed by atoms with van der Waals surface area (Å²) in [6.07, 6.45) is -0.00739. The lowest BCUT2D eigenvalue weighted by molar-refractivity contribution is -0.134. The second kappa shape index (κ2) is 7.77. The van der Waals surface area contributed by atoms with Crippen molar-refractivity contribution in [3.63, 3.8) is 0 Å². The van der Waals surface area contributed by atoms with Crippen molar-refractivity contribution in [3.05, 3.63) is 64.8 Å². The van der Waals surface area contributed by atoms with Crippen LogP contribution in [0.3, 0.4) is 0 Å². The summed E-state index contributed by atoms with van der Waals surface area (Å²) in [5, 5.41) is 3.59. The van der Waals surface area contributed by atoms with E-state index in [4.69, 9.17) is 0 Å². The van der Waals surface area contributed by atoms with Gasteiger partial charge in [-0.25, -0.2) is 4.39 Å². The molecule has 1 unspecified atom stereocenters. The predicted molar refractivity (Wildman–Crippen MR) is 117 cm³/mol. The Morgan fingerprint density at radius 3 is 2.55 bits per heavy atom. The molecule has 3 aromatic rings. The van der Waals surface area contributed by atoms with Crippen LogP contribution in [0.5, 0.6) is 0 Å². The molecule has 0 bridgehead atoms. The van der Waals surface area contributed by atoms with Crippen LogP contribution in [0.25, 0.3) is 10.1 Å². The molecule has 0 saturated carbocycles. The van der Waals surface area contributed by atoms with Gasteiger partial charge in [0.1, 0.15) is 5.82 Å². The topological polar surface area (TPSA) is 69.7 Å². The normalized spacial score (nSPS) is 18.2. The summed E-state index contributed by atoms with van der Waals surface area (Å²) in [6, 6.07) is 14.3. The Balaban J connectivity index is 1.22. The Bertz CT molecular complexity index is 1170. The molecule has 1 saturated heterocycles. The number of thiophene rings is 1. The van der Waals surface area contributed by atoms with Crippen molar-refractivity contribution in [1.29, 1.82) is 0 Å². The van der Waals surface area contributed by atoms with E-state index in [1.54, 1.807) is 21.9 Å². The van der Waals surface area contributed by atoms with Crippen molar-refractivity contribution in [2.45, 2.75) is 12.3 Å². The molecule has 8 heteroatoms. The van der Waals surface area contributed by atoms with Gasteiger partial charge in [0.05, 0.1) is 16.5 Å². The molecule has 0 spiro atoms. The van der Waals surface area contributed by atoms with E-state index in [0.717, 1.165) is 10.1 Å². The van der Waals surface area contributed by atoms with Crippen LogP contribution in [0.15, 0.2) is 48.5 Å². The number of hydrogen-bond donors (Lipinski definition) is 1. The van der Waals surface area contributed by atoms with Crippen molar-refractivity contribution in [2.24, 2.45) is 0 Å². The van der Waals surface area contributed by atoms with Gasteiger partial charge in [0.2, 0.25) is 11.8 Å². The number of carbonyl (C=O) groups excluding carboxylic acids is 3. The van der Waals surface area contributed by atoms with Gasteiger partial charge < -0.3 is 15.1 Å². The molecule has 0 radical (unpaired) electrons. The summed E-state index contributed by atoms with van der Waals surface area (Å²) in [5.41, 5.74) is 0.695.